The van der Waals surface area contributed by atoms with E-state index in [4.69, 9.17) is 23.2 Å². The van der Waals surface area contributed by atoms with Crippen LogP contribution < -0.4 is 0 Å². The molecule has 2 rings (SSSR count). The predicted molar refractivity (Wildman–Crippen MR) is 74.9 cm³/mol. The number of carbonyl (C=O) groups excluding carboxylic acids is 1. The van der Waals surface area contributed by atoms with E-state index >= 15 is 0 Å². The van der Waals surface area contributed by atoms with Crippen molar-refractivity contribution in [2.24, 2.45) is 7.05 Å². The Morgan fingerprint density at radius 3 is 2.63 bits per heavy atom. The molecule has 0 aliphatic heterocycles. The second-order valence-corrected chi connectivity index (χ2v) is 4.92. The number of ketones is 1. The van der Waals surface area contributed by atoms with Gasteiger partial charge in [-0.25, -0.2) is 4.98 Å². The quantitative estimate of drug-likeness (QED) is 0.643. The standard InChI is InChI=1S/C13H13Cl2N3O/c1-3-9-13(15)10(18(2)17-9)6-11(19)8-4-5-12(14)16-7-8/h4-5,7H,3,6H2,1-2H3. The molecule has 0 amide bonds. The number of hydrogen-bond donors (Lipinski definition) is 0. The van der Waals surface area contributed by atoms with Crippen molar-refractivity contribution in [3.63, 3.8) is 0 Å². The first kappa shape index (κ1) is 14.0. The highest BCUT2D eigenvalue weighted by Crippen LogP contribution is 2.22. The van der Waals surface area contributed by atoms with Crippen LogP contribution >= 0.6 is 23.2 Å². The molecular weight excluding hydrogens is 285 g/mol. The summed E-state index contributed by atoms with van der Waals surface area (Å²) in [5, 5.41) is 5.22. The van der Waals surface area contributed by atoms with Gasteiger partial charge in [0.05, 0.1) is 22.8 Å². The number of nitrogens with zero attached hydrogens (tertiary/aromatic N) is 3. The summed E-state index contributed by atoms with van der Waals surface area (Å²) in [7, 11) is 1.79. The summed E-state index contributed by atoms with van der Waals surface area (Å²) in [5.41, 5.74) is 2.04. The van der Waals surface area contributed by atoms with E-state index in [-0.39, 0.29) is 12.2 Å². The summed E-state index contributed by atoms with van der Waals surface area (Å²) in [4.78, 5) is 16.0. The number of aromatic nitrogens is 3. The largest absolute Gasteiger partial charge is 0.294 e. The highest BCUT2D eigenvalue weighted by molar-refractivity contribution is 6.32. The van der Waals surface area contributed by atoms with Gasteiger partial charge in [-0.1, -0.05) is 30.1 Å². The third-order valence-electron chi connectivity index (χ3n) is 2.88. The van der Waals surface area contributed by atoms with Crippen molar-refractivity contribution in [2.45, 2.75) is 19.8 Å². The molecule has 0 saturated heterocycles. The topological polar surface area (TPSA) is 47.8 Å². The number of Topliss-reactive ketones (excluding diaryl/α,β-unsaturated/α-hetero) is 1. The minimum absolute atomic E-state index is 0.0586. The summed E-state index contributed by atoms with van der Waals surface area (Å²) < 4.78 is 1.66. The van der Waals surface area contributed by atoms with Crippen LogP contribution in [0.25, 0.3) is 0 Å². The minimum Gasteiger partial charge on any atom is -0.294 e. The smallest absolute Gasteiger partial charge is 0.170 e. The second kappa shape index (κ2) is 5.72. The zero-order valence-electron chi connectivity index (χ0n) is 10.7. The summed E-state index contributed by atoms with van der Waals surface area (Å²) in [6.45, 7) is 1.98. The van der Waals surface area contributed by atoms with E-state index in [9.17, 15) is 4.79 Å². The fourth-order valence-electron chi connectivity index (χ4n) is 1.81. The first-order valence-electron chi connectivity index (χ1n) is 5.88. The van der Waals surface area contributed by atoms with E-state index in [1.165, 1.54) is 6.20 Å². The van der Waals surface area contributed by atoms with Gasteiger partial charge in [0.25, 0.3) is 0 Å². The van der Waals surface area contributed by atoms with E-state index in [1.54, 1.807) is 23.9 Å². The van der Waals surface area contributed by atoms with E-state index in [2.05, 4.69) is 10.1 Å². The molecule has 0 radical (unpaired) electrons. The molecule has 0 aromatic carbocycles. The lowest BCUT2D eigenvalue weighted by molar-refractivity contribution is 0.0990. The Labute approximate surface area is 121 Å². The summed E-state index contributed by atoms with van der Waals surface area (Å²) in [6.07, 6.45) is 2.41. The van der Waals surface area contributed by atoms with Gasteiger partial charge in [-0.2, -0.15) is 5.10 Å². The Kier molecular flexibility index (Phi) is 4.22. The van der Waals surface area contributed by atoms with Crippen molar-refractivity contribution in [1.82, 2.24) is 14.8 Å². The second-order valence-electron chi connectivity index (χ2n) is 4.15. The Morgan fingerprint density at radius 2 is 2.11 bits per heavy atom. The van der Waals surface area contributed by atoms with Crippen LogP contribution in [-0.2, 0) is 19.9 Å². The molecule has 0 fully saturated rings. The third-order valence-corrected chi connectivity index (χ3v) is 3.54. The van der Waals surface area contributed by atoms with Crippen LogP contribution in [0.5, 0.6) is 0 Å². The molecule has 0 spiro atoms. The summed E-state index contributed by atoms with van der Waals surface area (Å²) in [6, 6.07) is 3.25. The van der Waals surface area contributed by atoms with Crippen LogP contribution in [0.1, 0.15) is 28.7 Å². The van der Waals surface area contributed by atoms with E-state index < -0.39 is 0 Å². The fourth-order valence-corrected chi connectivity index (χ4v) is 2.28. The Hall–Kier alpha value is -1.39. The molecule has 100 valence electrons. The van der Waals surface area contributed by atoms with Crippen molar-refractivity contribution >= 4 is 29.0 Å². The summed E-state index contributed by atoms with van der Waals surface area (Å²) >= 11 is 11.9. The fraction of sp³-hybridized carbons (Fsp3) is 0.308. The van der Waals surface area contributed by atoms with Crippen LogP contribution in [0, 0.1) is 0 Å². The van der Waals surface area contributed by atoms with Crippen molar-refractivity contribution in [3.05, 3.63) is 45.5 Å². The average molecular weight is 298 g/mol. The van der Waals surface area contributed by atoms with E-state index in [0.29, 0.717) is 15.7 Å². The average Bonchev–Trinajstić information content (AvgIpc) is 2.67. The maximum atomic E-state index is 12.1. The van der Waals surface area contributed by atoms with Crippen LogP contribution in [0.2, 0.25) is 10.2 Å². The minimum atomic E-state index is -0.0586. The van der Waals surface area contributed by atoms with Gasteiger partial charge in [-0.15, -0.1) is 0 Å². The molecule has 4 nitrogen and oxygen atoms in total. The highest BCUT2D eigenvalue weighted by Gasteiger charge is 2.17. The lowest BCUT2D eigenvalue weighted by Crippen LogP contribution is -2.08. The number of halogens is 2. The monoisotopic (exact) mass is 297 g/mol. The van der Waals surface area contributed by atoms with Gasteiger partial charge in [0.15, 0.2) is 5.78 Å². The molecule has 2 aromatic rings. The lowest BCUT2D eigenvalue weighted by Gasteiger charge is -2.02. The number of carbonyl (C=O) groups is 1. The van der Waals surface area contributed by atoms with E-state index in [1.807, 2.05) is 6.92 Å². The van der Waals surface area contributed by atoms with Gasteiger partial charge in [-0.3, -0.25) is 9.48 Å². The molecule has 0 unspecified atom stereocenters. The van der Waals surface area contributed by atoms with Crippen molar-refractivity contribution in [1.29, 1.82) is 0 Å². The van der Waals surface area contributed by atoms with Gasteiger partial charge in [-0.05, 0) is 18.6 Å². The van der Waals surface area contributed by atoms with Crippen LogP contribution in [0.4, 0.5) is 0 Å². The lowest BCUT2D eigenvalue weighted by atomic mass is 10.1. The normalized spacial score (nSPS) is 10.7. The molecule has 0 saturated carbocycles. The zero-order valence-corrected chi connectivity index (χ0v) is 12.2. The molecule has 19 heavy (non-hydrogen) atoms. The van der Waals surface area contributed by atoms with Crippen molar-refractivity contribution < 1.29 is 4.79 Å². The van der Waals surface area contributed by atoms with Crippen LogP contribution in [0.3, 0.4) is 0 Å². The summed E-state index contributed by atoms with van der Waals surface area (Å²) in [5.74, 6) is -0.0586. The maximum Gasteiger partial charge on any atom is 0.170 e. The Bertz CT molecular complexity index is 605. The number of aryl methyl sites for hydroxylation is 2. The van der Waals surface area contributed by atoms with Gasteiger partial charge in [0.1, 0.15) is 5.15 Å². The van der Waals surface area contributed by atoms with E-state index in [0.717, 1.165) is 17.8 Å². The molecule has 0 atom stereocenters. The molecular formula is C13H13Cl2N3O. The van der Waals surface area contributed by atoms with Crippen LogP contribution in [0.15, 0.2) is 18.3 Å². The predicted octanol–water partition coefficient (Wildman–Crippen LogP) is 3.11. The van der Waals surface area contributed by atoms with Crippen LogP contribution in [-0.4, -0.2) is 20.5 Å². The maximum absolute atomic E-state index is 12.1. The molecule has 0 aliphatic carbocycles. The van der Waals surface area contributed by atoms with Crippen molar-refractivity contribution in [2.75, 3.05) is 0 Å². The number of pyridine rings is 1. The van der Waals surface area contributed by atoms with Gasteiger partial charge >= 0.3 is 0 Å². The Morgan fingerprint density at radius 1 is 1.37 bits per heavy atom. The van der Waals surface area contributed by atoms with Gasteiger partial charge in [0.2, 0.25) is 0 Å². The molecule has 2 heterocycles. The zero-order chi connectivity index (χ0) is 14.0. The molecule has 0 N–H and O–H groups in total. The first-order valence-corrected chi connectivity index (χ1v) is 6.63. The molecule has 0 aliphatic rings. The SMILES string of the molecule is CCc1nn(C)c(CC(=O)c2ccc(Cl)nc2)c1Cl. The highest BCUT2D eigenvalue weighted by atomic mass is 35.5. The number of hydrogen-bond acceptors (Lipinski definition) is 3. The van der Waals surface area contributed by atoms with Gasteiger partial charge < -0.3 is 0 Å². The molecule has 0 bridgehead atoms. The Balaban J connectivity index is 2.24. The first-order chi connectivity index (χ1) is 9.02. The number of rotatable bonds is 4. The third kappa shape index (κ3) is 2.96. The van der Waals surface area contributed by atoms with Gasteiger partial charge in [0, 0.05) is 18.8 Å². The molecule has 6 heteroatoms. The molecule has 2 aromatic heterocycles. The van der Waals surface area contributed by atoms with Crippen molar-refractivity contribution in [3.8, 4) is 0 Å².